The van der Waals surface area contributed by atoms with E-state index in [0.29, 0.717) is 5.41 Å². The van der Waals surface area contributed by atoms with Gasteiger partial charge in [0.2, 0.25) is 0 Å². The standard InChI is InChI=1S/C12H16N2/c1-12(2,3)8-5-4-6-11-7-9-13-10-14-11/h7,9-10H,6,8H2,1-3H3. The summed E-state index contributed by atoms with van der Waals surface area (Å²) in [7, 11) is 0. The molecular formula is C12H16N2. The summed E-state index contributed by atoms with van der Waals surface area (Å²) in [5.74, 6) is 6.28. The van der Waals surface area contributed by atoms with Crippen molar-refractivity contribution in [2.24, 2.45) is 5.41 Å². The van der Waals surface area contributed by atoms with Gasteiger partial charge in [-0.3, -0.25) is 0 Å². The van der Waals surface area contributed by atoms with Crippen molar-refractivity contribution in [1.82, 2.24) is 9.97 Å². The van der Waals surface area contributed by atoms with Crippen LogP contribution in [0.1, 0.15) is 32.9 Å². The van der Waals surface area contributed by atoms with E-state index in [0.717, 1.165) is 18.5 Å². The first kappa shape index (κ1) is 10.7. The average molecular weight is 188 g/mol. The van der Waals surface area contributed by atoms with Crippen LogP contribution in [0.15, 0.2) is 18.6 Å². The minimum atomic E-state index is 0.290. The minimum absolute atomic E-state index is 0.290. The van der Waals surface area contributed by atoms with Crippen molar-refractivity contribution in [2.45, 2.75) is 33.6 Å². The smallest absolute Gasteiger partial charge is 0.115 e. The number of hydrogen-bond acceptors (Lipinski definition) is 2. The van der Waals surface area contributed by atoms with Gasteiger partial charge in [0, 0.05) is 12.6 Å². The molecule has 0 aliphatic heterocycles. The zero-order valence-electron chi connectivity index (χ0n) is 9.04. The number of nitrogens with zero attached hydrogens (tertiary/aromatic N) is 2. The summed E-state index contributed by atoms with van der Waals surface area (Å²) >= 11 is 0. The Morgan fingerprint density at radius 1 is 1.29 bits per heavy atom. The molecule has 0 atom stereocenters. The molecule has 0 N–H and O–H groups in total. The fourth-order valence-electron chi connectivity index (χ4n) is 0.903. The van der Waals surface area contributed by atoms with Crippen molar-refractivity contribution in [3.05, 3.63) is 24.3 Å². The third kappa shape index (κ3) is 4.61. The molecule has 1 aromatic rings. The van der Waals surface area contributed by atoms with Crippen LogP contribution in [-0.4, -0.2) is 9.97 Å². The molecule has 0 aliphatic rings. The van der Waals surface area contributed by atoms with E-state index in [1.165, 1.54) is 0 Å². The van der Waals surface area contributed by atoms with E-state index >= 15 is 0 Å². The molecule has 0 bridgehead atoms. The molecular weight excluding hydrogens is 172 g/mol. The summed E-state index contributed by atoms with van der Waals surface area (Å²) < 4.78 is 0. The molecule has 0 spiro atoms. The predicted molar refractivity (Wildman–Crippen MR) is 57.6 cm³/mol. The fourth-order valence-corrected chi connectivity index (χ4v) is 0.903. The van der Waals surface area contributed by atoms with Crippen LogP contribution in [0.5, 0.6) is 0 Å². The zero-order chi connectivity index (χ0) is 10.4. The third-order valence-corrected chi connectivity index (χ3v) is 1.66. The molecule has 0 aliphatic carbocycles. The fraction of sp³-hybridized carbons (Fsp3) is 0.500. The maximum Gasteiger partial charge on any atom is 0.115 e. The lowest BCUT2D eigenvalue weighted by atomic mass is 9.93. The summed E-state index contributed by atoms with van der Waals surface area (Å²) in [6.07, 6.45) is 4.95. The van der Waals surface area contributed by atoms with Crippen LogP contribution in [0.25, 0.3) is 0 Å². The van der Waals surface area contributed by atoms with E-state index in [9.17, 15) is 0 Å². The van der Waals surface area contributed by atoms with Crippen molar-refractivity contribution in [3.63, 3.8) is 0 Å². The van der Waals surface area contributed by atoms with Crippen LogP contribution < -0.4 is 0 Å². The second-order valence-corrected chi connectivity index (χ2v) is 4.47. The lowest BCUT2D eigenvalue weighted by molar-refractivity contribution is 0.428. The van der Waals surface area contributed by atoms with Crippen molar-refractivity contribution >= 4 is 0 Å². The second-order valence-electron chi connectivity index (χ2n) is 4.47. The van der Waals surface area contributed by atoms with Gasteiger partial charge in [-0.2, -0.15) is 0 Å². The Labute approximate surface area is 85.8 Å². The summed E-state index contributed by atoms with van der Waals surface area (Å²) in [6, 6.07) is 1.89. The van der Waals surface area contributed by atoms with Gasteiger partial charge in [0.1, 0.15) is 6.33 Å². The van der Waals surface area contributed by atoms with Gasteiger partial charge in [-0.1, -0.05) is 26.7 Å². The molecule has 14 heavy (non-hydrogen) atoms. The van der Waals surface area contributed by atoms with Crippen molar-refractivity contribution in [2.75, 3.05) is 0 Å². The first-order chi connectivity index (χ1) is 6.58. The quantitative estimate of drug-likeness (QED) is 0.633. The Morgan fingerprint density at radius 2 is 2.07 bits per heavy atom. The van der Waals surface area contributed by atoms with E-state index in [1.54, 1.807) is 12.5 Å². The lowest BCUT2D eigenvalue weighted by Crippen LogP contribution is -2.02. The molecule has 0 radical (unpaired) electrons. The summed E-state index contributed by atoms with van der Waals surface area (Å²) in [6.45, 7) is 6.56. The Morgan fingerprint density at radius 3 is 2.64 bits per heavy atom. The molecule has 74 valence electrons. The number of aromatic nitrogens is 2. The van der Waals surface area contributed by atoms with Gasteiger partial charge in [-0.05, 0) is 11.5 Å². The normalized spacial score (nSPS) is 10.5. The third-order valence-electron chi connectivity index (χ3n) is 1.66. The molecule has 2 nitrogen and oxygen atoms in total. The second kappa shape index (κ2) is 4.76. The van der Waals surface area contributed by atoms with Crippen molar-refractivity contribution < 1.29 is 0 Å². The Hall–Kier alpha value is -1.36. The van der Waals surface area contributed by atoms with Gasteiger partial charge >= 0.3 is 0 Å². The highest BCUT2D eigenvalue weighted by atomic mass is 14.8. The van der Waals surface area contributed by atoms with Crippen molar-refractivity contribution in [3.8, 4) is 11.8 Å². The summed E-state index contributed by atoms with van der Waals surface area (Å²) in [4.78, 5) is 7.95. The van der Waals surface area contributed by atoms with Crippen LogP contribution >= 0.6 is 0 Å². The van der Waals surface area contributed by atoms with Gasteiger partial charge in [0.15, 0.2) is 0 Å². The highest BCUT2D eigenvalue weighted by molar-refractivity contribution is 5.11. The molecule has 0 saturated heterocycles. The van der Waals surface area contributed by atoms with Gasteiger partial charge in [0.05, 0.1) is 12.1 Å². The lowest BCUT2D eigenvalue weighted by Gasteiger charge is -2.12. The number of hydrogen-bond donors (Lipinski definition) is 0. The van der Waals surface area contributed by atoms with Gasteiger partial charge in [-0.15, -0.1) is 5.92 Å². The molecule has 1 aromatic heterocycles. The topological polar surface area (TPSA) is 25.8 Å². The predicted octanol–water partition coefficient (Wildman–Crippen LogP) is 2.46. The maximum atomic E-state index is 4.10. The first-order valence-electron chi connectivity index (χ1n) is 4.78. The Balaban J connectivity index is 2.41. The van der Waals surface area contributed by atoms with Crippen LogP contribution in [0.4, 0.5) is 0 Å². The van der Waals surface area contributed by atoms with Crippen LogP contribution in [0.2, 0.25) is 0 Å². The SMILES string of the molecule is CC(C)(C)CC#CCc1ccncn1. The van der Waals surface area contributed by atoms with Crippen LogP contribution in [0, 0.1) is 17.3 Å². The molecule has 1 rings (SSSR count). The van der Waals surface area contributed by atoms with E-state index in [2.05, 4.69) is 42.6 Å². The van der Waals surface area contributed by atoms with Crippen LogP contribution in [-0.2, 0) is 6.42 Å². The molecule has 2 heteroatoms. The van der Waals surface area contributed by atoms with E-state index < -0.39 is 0 Å². The zero-order valence-corrected chi connectivity index (χ0v) is 9.04. The Bertz CT molecular complexity index is 325. The summed E-state index contributed by atoms with van der Waals surface area (Å²) in [5.41, 5.74) is 1.28. The minimum Gasteiger partial charge on any atom is -0.245 e. The highest BCUT2D eigenvalue weighted by Crippen LogP contribution is 2.16. The Kier molecular flexibility index (Phi) is 3.64. The van der Waals surface area contributed by atoms with E-state index in [-0.39, 0.29) is 0 Å². The highest BCUT2D eigenvalue weighted by Gasteiger charge is 2.06. The maximum absolute atomic E-state index is 4.10. The largest absolute Gasteiger partial charge is 0.245 e. The molecule has 0 unspecified atom stereocenters. The van der Waals surface area contributed by atoms with Gasteiger partial charge in [0.25, 0.3) is 0 Å². The van der Waals surface area contributed by atoms with Gasteiger partial charge < -0.3 is 0 Å². The molecule has 1 heterocycles. The van der Waals surface area contributed by atoms with Gasteiger partial charge in [-0.25, -0.2) is 9.97 Å². The van der Waals surface area contributed by atoms with E-state index in [4.69, 9.17) is 0 Å². The average Bonchev–Trinajstić information content (AvgIpc) is 2.13. The summed E-state index contributed by atoms with van der Waals surface area (Å²) in [5, 5.41) is 0. The van der Waals surface area contributed by atoms with Crippen LogP contribution in [0.3, 0.4) is 0 Å². The first-order valence-corrected chi connectivity index (χ1v) is 4.78. The number of rotatable bonds is 1. The molecule has 0 saturated carbocycles. The molecule has 0 fully saturated rings. The van der Waals surface area contributed by atoms with E-state index in [1.807, 2.05) is 6.07 Å². The monoisotopic (exact) mass is 188 g/mol. The molecule has 0 amide bonds. The van der Waals surface area contributed by atoms with Crippen molar-refractivity contribution in [1.29, 1.82) is 0 Å². The molecule has 0 aromatic carbocycles.